The van der Waals surface area contributed by atoms with Crippen LogP contribution >= 0.6 is 0 Å². The number of carbonyl (C=O) groups is 2. The first-order valence-corrected chi connectivity index (χ1v) is 9.17. The second-order valence-electron chi connectivity index (χ2n) is 6.72. The average molecular weight is 362 g/mol. The minimum absolute atomic E-state index is 0.0644. The van der Waals surface area contributed by atoms with E-state index >= 15 is 0 Å². The fraction of sp³-hybridized carbons (Fsp3) is 0.579. The second-order valence-corrected chi connectivity index (χ2v) is 6.72. The smallest absolute Gasteiger partial charge is 0.251 e. The Labute approximate surface area is 155 Å². The number of carbonyl (C=O) groups excluding carboxylic acids is 2. The monoisotopic (exact) mass is 362 g/mol. The molecule has 1 fully saturated rings. The maximum Gasteiger partial charge on any atom is 0.251 e. The van der Waals surface area contributed by atoms with Gasteiger partial charge >= 0.3 is 0 Å². The topological polar surface area (TPSA) is 87.9 Å². The van der Waals surface area contributed by atoms with E-state index in [0.717, 1.165) is 44.9 Å². The van der Waals surface area contributed by atoms with Crippen LogP contribution in [0, 0.1) is 0 Å². The zero-order valence-corrected chi connectivity index (χ0v) is 15.7. The lowest BCUT2D eigenvalue weighted by Gasteiger charge is -2.34. The molecule has 1 aromatic carbocycles. The van der Waals surface area contributed by atoms with Gasteiger partial charge in [0.2, 0.25) is 5.91 Å². The third kappa shape index (κ3) is 6.31. The molecule has 1 unspecified atom stereocenters. The number of nitrogens with zero attached hydrogens (tertiary/aromatic N) is 2. The molecule has 7 nitrogen and oxygen atoms in total. The van der Waals surface area contributed by atoms with Crippen LogP contribution in [0.25, 0.3) is 0 Å². The first kappa shape index (κ1) is 20.2. The Morgan fingerprint density at radius 3 is 2.42 bits per heavy atom. The molecular weight excluding hydrogens is 332 g/mol. The van der Waals surface area contributed by atoms with Crippen molar-refractivity contribution in [3.05, 3.63) is 29.8 Å². The summed E-state index contributed by atoms with van der Waals surface area (Å²) in [5.74, 6) is 0.835. The van der Waals surface area contributed by atoms with Crippen molar-refractivity contribution in [3.8, 4) is 5.75 Å². The second kappa shape index (κ2) is 10.1. The first-order valence-electron chi connectivity index (χ1n) is 9.17. The van der Waals surface area contributed by atoms with E-state index in [0.29, 0.717) is 18.5 Å². The van der Waals surface area contributed by atoms with Gasteiger partial charge in [-0.05, 0) is 37.6 Å². The Kier molecular flexibility index (Phi) is 7.87. The Morgan fingerprint density at radius 1 is 1.19 bits per heavy atom. The Hall–Kier alpha value is -2.12. The molecule has 0 aromatic heterocycles. The van der Waals surface area contributed by atoms with Gasteiger partial charge in [-0.2, -0.15) is 0 Å². The predicted octanol–water partition coefficient (Wildman–Crippen LogP) is 0.697. The first-order chi connectivity index (χ1) is 12.5. The van der Waals surface area contributed by atoms with Crippen LogP contribution in [0.15, 0.2) is 24.3 Å². The maximum atomic E-state index is 12.1. The van der Waals surface area contributed by atoms with Gasteiger partial charge in [-0.1, -0.05) is 0 Å². The van der Waals surface area contributed by atoms with Crippen LogP contribution in [0.3, 0.4) is 0 Å². The predicted molar refractivity (Wildman–Crippen MR) is 101 cm³/mol. The lowest BCUT2D eigenvalue weighted by Crippen LogP contribution is -2.50. The van der Waals surface area contributed by atoms with Crippen molar-refractivity contribution in [3.63, 3.8) is 0 Å². The van der Waals surface area contributed by atoms with Crippen LogP contribution in [-0.4, -0.2) is 74.0 Å². The third-order valence-electron chi connectivity index (χ3n) is 4.60. The van der Waals surface area contributed by atoms with Crippen molar-refractivity contribution < 1.29 is 14.3 Å². The summed E-state index contributed by atoms with van der Waals surface area (Å²) in [5.41, 5.74) is 6.33. The van der Waals surface area contributed by atoms with Gasteiger partial charge in [0.25, 0.3) is 5.91 Å². The molecule has 0 saturated carbocycles. The fourth-order valence-electron chi connectivity index (χ4n) is 2.90. The largest absolute Gasteiger partial charge is 0.497 e. The summed E-state index contributed by atoms with van der Waals surface area (Å²) in [6.07, 6.45) is 1.26. The molecule has 2 rings (SSSR count). The number of hydrogen-bond acceptors (Lipinski definition) is 5. The van der Waals surface area contributed by atoms with E-state index in [1.54, 1.807) is 31.4 Å². The molecule has 1 aliphatic heterocycles. The van der Waals surface area contributed by atoms with Gasteiger partial charge in [0.05, 0.1) is 7.11 Å². The Bertz CT molecular complexity index is 581. The number of benzene rings is 1. The van der Waals surface area contributed by atoms with Crippen molar-refractivity contribution in [2.75, 3.05) is 46.4 Å². The zero-order valence-electron chi connectivity index (χ0n) is 15.7. The molecule has 0 radical (unpaired) electrons. The van der Waals surface area contributed by atoms with Gasteiger partial charge in [0, 0.05) is 57.3 Å². The SMILES string of the molecule is COc1ccc(C(=O)NCCN2CCN(C(=O)CCC(C)N)CC2)cc1. The highest BCUT2D eigenvalue weighted by atomic mass is 16.5. The van der Waals surface area contributed by atoms with Gasteiger partial charge < -0.3 is 20.7 Å². The van der Waals surface area contributed by atoms with Crippen molar-refractivity contribution in [2.45, 2.75) is 25.8 Å². The van der Waals surface area contributed by atoms with E-state index in [-0.39, 0.29) is 17.9 Å². The molecular formula is C19H30N4O3. The van der Waals surface area contributed by atoms with E-state index in [2.05, 4.69) is 10.2 Å². The van der Waals surface area contributed by atoms with Crippen molar-refractivity contribution in [1.29, 1.82) is 0 Å². The zero-order chi connectivity index (χ0) is 18.9. The molecule has 0 bridgehead atoms. The van der Waals surface area contributed by atoms with E-state index < -0.39 is 0 Å². The maximum absolute atomic E-state index is 12.1. The third-order valence-corrected chi connectivity index (χ3v) is 4.60. The number of rotatable bonds is 8. The van der Waals surface area contributed by atoms with Gasteiger partial charge in [0.1, 0.15) is 5.75 Å². The Balaban J connectivity index is 1.65. The summed E-state index contributed by atoms with van der Waals surface area (Å²) < 4.78 is 5.09. The number of methoxy groups -OCH3 is 1. The number of nitrogens with two attached hydrogens (primary N) is 1. The molecule has 1 aromatic rings. The van der Waals surface area contributed by atoms with Gasteiger partial charge in [0.15, 0.2) is 0 Å². The Morgan fingerprint density at radius 2 is 1.85 bits per heavy atom. The lowest BCUT2D eigenvalue weighted by atomic mass is 10.1. The molecule has 144 valence electrons. The summed E-state index contributed by atoms with van der Waals surface area (Å²) in [4.78, 5) is 28.4. The van der Waals surface area contributed by atoms with Crippen LogP contribution in [-0.2, 0) is 4.79 Å². The minimum Gasteiger partial charge on any atom is -0.497 e. The standard InChI is InChI=1S/C19H30N4O3/c1-15(20)3-8-18(24)23-13-11-22(12-14-23)10-9-21-19(25)16-4-6-17(26-2)7-5-16/h4-7,15H,3,8-14,20H2,1-2H3,(H,21,25). The minimum atomic E-state index is -0.0858. The fourth-order valence-corrected chi connectivity index (χ4v) is 2.90. The van der Waals surface area contributed by atoms with Crippen molar-refractivity contribution >= 4 is 11.8 Å². The molecule has 3 N–H and O–H groups in total. The molecule has 1 heterocycles. The van der Waals surface area contributed by atoms with Crippen LogP contribution in [0.2, 0.25) is 0 Å². The number of ether oxygens (including phenoxy) is 1. The number of amides is 2. The summed E-state index contributed by atoms with van der Waals surface area (Å²) in [7, 11) is 1.60. The van der Waals surface area contributed by atoms with Gasteiger partial charge in [-0.25, -0.2) is 0 Å². The van der Waals surface area contributed by atoms with Gasteiger partial charge in [-0.3, -0.25) is 14.5 Å². The summed E-state index contributed by atoms with van der Waals surface area (Å²) >= 11 is 0. The number of nitrogens with one attached hydrogen (secondary N) is 1. The summed E-state index contributed by atoms with van der Waals surface area (Å²) in [6.45, 7) is 6.44. The number of piperazine rings is 1. The van der Waals surface area contributed by atoms with E-state index in [4.69, 9.17) is 10.5 Å². The highest BCUT2D eigenvalue weighted by Crippen LogP contribution is 2.11. The molecule has 0 aliphatic carbocycles. The van der Waals surface area contributed by atoms with E-state index in [9.17, 15) is 9.59 Å². The van der Waals surface area contributed by atoms with Crippen molar-refractivity contribution in [1.82, 2.24) is 15.1 Å². The average Bonchev–Trinajstić information content (AvgIpc) is 2.66. The van der Waals surface area contributed by atoms with Crippen LogP contribution in [0.4, 0.5) is 0 Å². The van der Waals surface area contributed by atoms with Crippen LogP contribution < -0.4 is 15.8 Å². The molecule has 1 saturated heterocycles. The lowest BCUT2D eigenvalue weighted by molar-refractivity contribution is -0.133. The molecule has 7 heteroatoms. The summed E-state index contributed by atoms with van der Waals surface area (Å²) in [6, 6.07) is 7.11. The van der Waals surface area contributed by atoms with Crippen LogP contribution in [0.1, 0.15) is 30.1 Å². The quantitative estimate of drug-likeness (QED) is 0.711. The van der Waals surface area contributed by atoms with E-state index in [1.165, 1.54) is 0 Å². The van der Waals surface area contributed by atoms with E-state index in [1.807, 2.05) is 11.8 Å². The van der Waals surface area contributed by atoms with Gasteiger partial charge in [-0.15, -0.1) is 0 Å². The highest BCUT2D eigenvalue weighted by molar-refractivity contribution is 5.94. The molecule has 2 amide bonds. The number of hydrogen-bond donors (Lipinski definition) is 2. The molecule has 1 atom stereocenters. The molecule has 1 aliphatic rings. The highest BCUT2D eigenvalue weighted by Gasteiger charge is 2.20. The normalized spacial score (nSPS) is 16.2. The van der Waals surface area contributed by atoms with Crippen LogP contribution in [0.5, 0.6) is 5.75 Å². The molecule has 0 spiro atoms. The molecule has 26 heavy (non-hydrogen) atoms. The van der Waals surface area contributed by atoms with Crippen molar-refractivity contribution in [2.24, 2.45) is 5.73 Å². The summed E-state index contributed by atoms with van der Waals surface area (Å²) in [5, 5.41) is 2.93.